The molecule has 0 unspecified atom stereocenters. The summed E-state index contributed by atoms with van der Waals surface area (Å²) in [6.45, 7) is 2.14. The van der Waals surface area contributed by atoms with Crippen molar-refractivity contribution in [2.45, 2.75) is 37.8 Å². The van der Waals surface area contributed by atoms with Crippen molar-refractivity contribution in [2.75, 3.05) is 13.1 Å². The second-order valence-electron chi connectivity index (χ2n) is 5.44. The van der Waals surface area contributed by atoms with E-state index in [0.29, 0.717) is 5.69 Å². The van der Waals surface area contributed by atoms with E-state index in [1.807, 2.05) is 0 Å². The minimum Gasteiger partial charge on any atom is -0.348 e. The Bertz CT molecular complexity index is 513. The number of carbonyl (C=O) groups is 1. The van der Waals surface area contributed by atoms with Crippen LogP contribution < -0.4 is 10.9 Å². The average Bonchev–Trinajstić information content (AvgIpc) is 3.24. The summed E-state index contributed by atoms with van der Waals surface area (Å²) in [6.07, 6.45) is 4.67. The van der Waals surface area contributed by atoms with Crippen LogP contribution in [0.4, 0.5) is 0 Å². The van der Waals surface area contributed by atoms with E-state index in [1.54, 1.807) is 12.1 Å². The molecule has 102 valence electrons. The Kier molecular flexibility index (Phi) is 3.38. The number of carbonyl (C=O) groups excluding carboxylic acids is 1. The second kappa shape index (κ2) is 5.17. The van der Waals surface area contributed by atoms with Crippen molar-refractivity contribution in [2.24, 2.45) is 0 Å². The van der Waals surface area contributed by atoms with E-state index in [4.69, 9.17) is 0 Å². The predicted molar refractivity (Wildman–Crippen MR) is 72.1 cm³/mol. The fourth-order valence-electron chi connectivity index (χ4n) is 2.69. The van der Waals surface area contributed by atoms with E-state index in [-0.39, 0.29) is 17.5 Å². The number of nitrogens with one attached hydrogen (secondary N) is 2. The van der Waals surface area contributed by atoms with Crippen molar-refractivity contribution < 1.29 is 4.79 Å². The molecular weight excluding hydrogens is 242 g/mol. The van der Waals surface area contributed by atoms with E-state index < -0.39 is 0 Å². The number of pyridine rings is 1. The van der Waals surface area contributed by atoms with Crippen molar-refractivity contribution in [3.05, 3.63) is 34.2 Å². The number of likely N-dealkylation sites (tertiary alicyclic amines) is 1. The molecule has 2 heterocycles. The maximum atomic E-state index is 12.0. The summed E-state index contributed by atoms with van der Waals surface area (Å²) in [5.41, 5.74) is 0.105. The number of H-pyrrole nitrogens is 1. The van der Waals surface area contributed by atoms with Gasteiger partial charge < -0.3 is 15.2 Å². The van der Waals surface area contributed by atoms with Gasteiger partial charge in [-0.25, -0.2) is 0 Å². The Morgan fingerprint density at radius 3 is 2.58 bits per heavy atom. The highest BCUT2D eigenvalue weighted by Gasteiger charge is 2.32. The van der Waals surface area contributed by atoms with Crippen molar-refractivity contribution in [3.63, 3.8) is 0 Å². The van der Waals surface area contributed by atoms with E-state index >= 15 is 0 Å². The second-order valence-corrected chi connectivity index (χ2v) is 5.44. The van der Waals surface area contributed by atoms with Gasteiger partial charge in [-0.05, 0) is 31.7 Å². The normalized spacial score (nSPS) is 21.3. The van der Waals surface area contributed by atoms with Crippen LogP contribution in [0.3, 0.4) is 0 Å². The zero-order valence-electron chi connectivity index (χ0n) is 10.9. The third kappa shape index (κ3) is 3.04. The fraction of sp³-hybridized carbons (Fsp3) is 0.571. The molecule has 2 N–H and O–H groups in total. The molecule has 0 aromatic carbocycles. The summed E-state index contributed by atoms with van der Waals surface area (Å²) in [7, 11) is 0. The van der Waals surface area contributed by atoms with Gasteiger partial charge in [-0.1, -0.05) is 6.07 Å². The lowest BCUT2D eigenvalue weighted by molar-refractivity contribution is 0.0904. The molecule has 1 aliphatic heterocycles. The van der Waals surface area contributed by atoms with Gasteiger partial charge in [0.1, 0.15) is 5.69 Å². The number of piperidine rings is 1. The van der Waals surface area contributed by atoms with Crippen LogP contribution in [0, 0.1) is 0 Å². The number of rotatable bonds is 3. The molecule has 1 aliphatic carbocycles. The highest BCUT2D eigenvalue weighted by Crippen LogP contribution is 2.29. The summed E-state index contributed by atoms with van der Waals surface area (Å²) in [6, 6.07) is 5.68. The van der Waals surface area contributed by atoms with Crippen LogP contribution in [0.25, 0.3) is 0 Å². The monoisotopic (exact) mass is 261 g/mol. The van der Waals surface area contributed by atoms with Crippen LogP contribution in [-0.4, -0.2) is 41.0 Å². The van der Waals surface area contributed by atoms with E-state index in [2.05, 4.69) is 15.2 Å². The predicted octanol–water partition coefficient (Wildman–Crippen LogP) is 0.731. The molecule has 5 heteroatoms. The summed E-state index contributed by atoms with van der Waals surface area (Å²) < 4.78 is 0. The first-order valence-electron chi connectivity index (χ1n) is 6.96. The number of aromatic nitrogens is 1. The van der Waals surface area contributed by atoms with Crippen LogP contribution in [0.2, 0.25) is 0 Å². The maximum Gasteiger partial charge on any atom is 0.268 e. The third-order valence-electron chi connectivity index (χ3n) is 3.94. The lowest BCUT2D eigenvalue weighted by Gasteiger charge is -2.32. The third-order valence-corrected chi connectivity index (χ3v) is 3.94. The lowest BCUT2D eigenvalue weighted by atomic mass is 10.0. The molecule has 2 aliphatic rings. The summed E-state index contributed by atoms with van der Waals surface area (Å²) in [4.78, 5) is 28.2. The number of hydrogen-bond donors (Lipinski definition) is 2. The van der Waals surface area contributed by atoms with E-state index in [9.17, 15) is 9.59 Å². The van der Waals surface area contributed by atoms with Crippen molar-refractivity contribution in [1.82, 2.24) is 15.2 Å². The molecule has 2 fully saturated rings. The molecule has 0 atom stereocenters. The molecule has 1 aromatic heterocycles. The van der Waals surface area contributed by atoms with Crippen LogP contribution in [0.1, 0.15) is 36.2 Å². The van der Waals surface area contributed by atoms with Gasteiger partial charge in [0.15, 0.2) is 0 Å². The highest BCUT2D eigenvalue weighted by atomic mass is 16.2. The molecule has 0 spiro atoms. The van der Waals surface area contributed by atoms with Crippen LogP contribution >= 0.6 is 0 Å². The number of nitrogens with zero attached hydrogens (tertiary/aromatic N) is 1. The first-order chi connectivity index (χ1) is 9.22. The minimum absolute atomic E-state index is 0.178. The van der Waals surface area contributed by atoms with Crippen LogP contribution in [-0.2, 0) is 0 Å². The van der Waals surface area contributed by atoms with Gasteiger partial charge in [-0.3, -0.25) is 9.59 Å². The molecule has 0 bridgehead atoms. The lowest BCUT2D eigenvalue weighted by Crippen LogP contribution is -2.45. The van der Waals surface area contributed by atoms with Gasteiger partial charge in [0.2, 0.25) is 5.56 Å². The summed E-state index contributed by atoms with van der Waals surface area (Å²) >= 11 is 0. The van der Waals surface area contributed by atoms with Gasteiger partial charge in [-0.2, -0.15) is 0 Å². The number of hydrogen-bond acceptors (Lipinski definition) is 3. The Hall–Kier alpha value is -1.62. The SMILES string of the molecule is O=C(NC1CCN(C2CC2)CC1)c1cccc(=O)[nH]1. The Balaban J connectivity index is 1.54. The van der Waals surface area contributed by atoms with Crippen molar-refractivity contribution >= 4 is 5.91 Å². The van der Waals surface area contributed by atoms with Crippen LogP contribution in [0.15, 0.2) is 23.0 Å². The quantitative estimate of drug-likeness (QED) is 0.843. The van der Waals surface area contributed by atoms with Crippen molar-refractivity contribution in [3.8, 4) is 0 Å². The number of amides is 1. The molecule has 1 amide bonds. The van der Waals surface area contributed by atoms with E-state index in [0.717, 1.165) is 32.0 Å². The number of aromatic amines is 1. The topological polar surface area (TPSA) is 65.2 Å². The molecule has 0 radical (unpaired) electrons. The molecule has 5 nitrogen and oxygen atoms in total. The standard InChI is InChI=1S/C14H19N3O2/c18-13-3-1-2-12(16-13)14(19)15-10-6-8-17(9-7-10)11-4-5-11/h1-3,10-11H,4-9H2,(H,15,19)(H,16,18). The Labute approximate surface area is 112 Å². The molecule has 1 saturated heterocycles. The van der Waals surface area contributed by atoms with E-state index in [1.165, 1.54) is 18.9 Å². The molecule has 1 aromatic rings. The van der Waals surface area contributed by atoms with Crippen LogP contribution in [0.5, 0.6) is 0 Å². The molecule has 19 heavy (non-hydrogen) atoms. The smallest absolute Gasteiger partial charge is 0.268 e. The summed E-state index contributed by atoms with van der Waals surface area (Å²) in [5, 5.41) is 3.01. The maximum absolute atomic E-state index is 12.0. The van der Waals surface area contributed by atoms with Gasteiger partial charge in [0.05, 0.1) is 0 Å². The first kappa shape index (κ1) is 12.4. The van der Waals surface area contributed by atoms with Gasteiger partial charge in [-0.15, -0.1) is 0 Å². The largest absolute Gasteiger partial charge is 0.348 e. The minimum atomic E-state index is -0.240. The van der Waals surface area contributed by atoms with Gasteiger partial charge >= 0.3 is 0 Å². The molecule has 1 saturated carbocycles. The van der Waals surface area contributed by atoms with Crippen molar-refractivity contribution in [1.29, 1.82) is 0 Å². The first-order valence-corrected chi connectivity index (χ1v) is 6.96. The molecular formula is C14H19N3O2. The zero-order valence-corrected chi connectivity index (χ0v) is 10.9. The molecule has 3 rings (SSSR count). The fourth-order valence-corrected chi connectivity index (χ4v) is 2.69. The van der Waals surface area contributed by atoms with Gasteiger partial charge in [0, 0.05) is 31.2 Å². The van der Waals surface area contributed by atoms with Gasteiger partial charge in [0.25, 0.3) is 5.91 Å². The average molecular weight is 261 g/mol. The summed E-state index contributed by atoms with van der Waals surface area (Å²) in [5.74, 6) is -0.178. The Morgan fingerprint density at radius 1 is 1.21 bits per heavy atom. The highest BCUT2D eigenvalue weighted by molar-refractivity contribution is 5.92. The zero-order chi connectivity index (χ0) is 13.2. The Morgan fingerprint density at radius 2 is 1.95 bits per heavy atom.